The van der Waals surface area contributed by atoms with Crippen molar-refractivity contribution in [3.8, 4) is 0 Å². The Balaban J connectivity index is 1.65. The van der Waals surface area contributed by atoms with Gasteiger partial charge in [0, 0.05) is 31.4 Å². The molecule has 5 amide bonds. The molecule has 13 nitrogen and oxygen atoms in total. The second-order valence-electron chi connectivity index (χ2n) is 14.5. The van der Waals surface area contributed by atoms with E-state index in [1.165, 1.54) is 21.9 Å². The van der Waals surface area contributed by atoms with Crippen LogP contribution in [0.2, 0.25) is 0 Å². The Kier molecular flexibility index (Phi) is 12.9. The summed E-state index contributed by atoms with van der Waals surface area (Å²) in [4.78, 5) is 85.3. The first-order valence-corrected chi connectivity index (χ1v) is 17.8. The summed E-state index contributed by atoms with van der Waals surface area (Å²) in [5.41, 5.74) is -1.49. The number of hydrogen-bond donors (Lipinski definition) is 1. The summed E-state index contributed by atoms with van der Waals surface area (Å²) in [6.45, 7) is 15.2. The highest BCUT2D eigenvalue weighted by molar-refractivity contribution is 6.05. The molecule has 5 atom stereocenters. The van der Waals surface area contributed by atoms with Crippen LogP contribution in [0.1, 0.15) is 90.7 Å². The number of benzene rings is 1. The van der Waals surface area contributed by atoms with E-state index in [0.29, 0.717) is 17.5 Å². The fourth-order valence-corrected chi connectivity index (χ4v) is 6.98. The molecular formula is C38H51FN4O9. The summed E-state index contributed by atoms with van der Waals surface area (Å²) in [6.07, 6.45) is 3.62. The van der Waals surface area contributed by atoms with Crippen molar-refractivity contribution < 1.29 is 47.4 Å². The third kappa shape index (κ3) is 8.99. The van der Waals surface area contributed by atoms with Gasteiger partial charge in [-0.15, -0.1) is 13.2 Å². The van der Waals surface area contributed by atoms with Gasteiger partial charge in [0.1, 0.15) is 29.6 Å². The fraction of sp³-hybridized carbons (Fsp3) is 0.579. The Morgan fingerprint density at radius 1 is 1.12 bits per heavy atom. The molecule has 1 aromatic carbocycles. The normalized spacial score (nSPS) is 22.5. The molecule has 2 fully saturated rings. The SMILES string of the molecule is C=CCCCCC[C@H](NC(=O)OC(C)(C)C)C(=O)N1C[C@H](OC(=O)N2Cc3cccc(F)c3C2)C[C@H]1C(=O)N(C(C)=O)[C@@]1(C(=O)OCC)C[C@H]1C=C. The van der Waals surface area contributed by atoms with Crippen LogP contribution >= 0.6 is 0 Å². The van der Waals surface area contributed by atoms with Gasteiger partial charge in [0.15, 0.2) is 5.54 Å². The fourth-order valence-electron chi connectivity index (χ4n) is 6.98. The molecule has 0 radical (unpaired) electrons. The van der Waals surface area contributed by atoms with Crippen LogP contribution in [-0.2, 0) is 46.5 Å². The van der Waals surface area contributed by atoms with E-state index in [1.807, 2.05) is 0 Å². The molecule has 3 aliphatic rings. The maximum atomic E-state index is 14.6. The van der Waals surface area contributed by atoms with Crippen LogP contribution in [0.3, 0.4) is 0 Å². The van der Waals surface area contributed by atoms with Crippen molar-refractivity contribution >= 4 is 35.9 Å². The number of carbonyl (C=O) groups excluding carboxylic acids is 6. The number of amides is 5. The predicted molar refractivity (Wildman–Crippen MR) is 188 cm³/mol. The molecule has 2 heterocycles. The zero-order chi connectivity index (χ0) is 38.4. The van der Waals surface area contributed by atoms with Gasteiger partial charge >= 0.3 is 18.2 Å². The minimum absolute atomic E-state index is 0.00548. The predicted octanol–water partition coefficient (Wildman–Crippen LogP) is 5.16. The van der Waals surface area contributed by atoms with Crippen LogP contribution < -0.4 is 5.32 Å². The first kappa shape index (κ1) is 40.0. The van der Waals surface area contributed by atoms with Crippen molar-refractivity contribution in [1.29, 1.82) is 0 Å². The first-order valence-electron chi connectivity index (χ1n) is 17.8. The molecular weight excluding hydrogens is 675 g/mol. The molecule has 0 aromatic heterocycles. The number of imide groups is 1. The van der Waals surface area contributed by atoms with Gasteiger partial charge in [-0.05, 0) is 65.0 Å². The van der Waals surface area contributed by atoms with Gasteiger partial charge in [-0.25, -0.2) is 18.8 Å². The number of esters is 1. The van der Waals surface area contributed by atoms with E-state index in [4.69, 9.17) is 14.2 Å². The number of alkyl carbamates (subject to hydrolysis) is 1. The summed E-state index contributed by atoms with van der Waals surface area (Å²) in [6, 6.07) is 2.10. The number of likely N-dealkylation sites (tertiary alicyclic amines) is 1. The van der Waals surface area contributed by atoms with Crippen LogP contribution in [-0.4, -0.2) is 93.1 Å². The van der Waals surface area contributed by atoms with E-state index in [0.717, 1.165) is 31.1 Å². The molecule has 0 spiro atoms. The number of ether oxygens (including phenoxy) is 3. The lowest BCUT2D eigenvalue weighted by atomic mass is 10.0. The van der Waals surface area contributed by atoms with Crippen molar-refractivity contribution in [1.82, 2.24) is 20.0 Å². The van der Waals surface area contributed by atoms with E-state index in [2.05, 4.69) is 18.5 Å². The number of carbonyl (C=O) groups is 6. The van der Waals surface area contributed by atoms with Crippen molar-refractivity contribution in [3.05, 3.63) is 60.5 Å². The monoisotopic (exact) mass is 726 g/mol. The molecule has 1 aromatic rings. The number of unbranched alkanes of at least 4 members (excludes halogenated alkanes) is 3. The molecule has 1 N–H and O–H groups in total. The second-order valence-corrected chi connectivity index (χ2v) is 14.5. The van der Waals surface area contributed by atoms with Crippen LogP contribution in [0.4, 0.5) is 14.0 Å². The molecule has 0 bridgehead atoms. The summed E-state index contributed by atoms with van der Waals surface area (Å²) >= 11 is 0. The summed E-state index contributed by atoms with van der Waals surface area (Å²) < 4.78 is 31.0. The number of allylic oxidation sites excluding steroid dienone is 1. The van der Waals surface area contributed by atoms with Crippen molar-refractivity contribution in [2.24, 2.45) is 5.92 Å². The molecule has 4 rings (SSSR count). The van der Waals surface area contributed by atoms with Gasteiger partial charge in [-0.1, -0.05) is 37.1 Å². The molecule has 14 heteroatoms. The van der Waals surface area contributed by atoms with Gasteiger partial charge in [-0.3, -0.25) is 24.2 Å². The number of rotatable bonds is 14. The Labute approximate surface area is 304 Å². The summed E-state index contributed by atoms with van der Waals surface area (Å²) in [5.74, 6) is -4.03. The highest BCUT2D eigenvalue weighted by Crippen LogP contribution is 2.51. The number of halogens is 1. The quantitative estimate of drug-likeness (QED) is 0.119. The van der Waals surface area contributed by atoms with Crippen LogP contribution in [0.5, 0.6) is 0 Å². The van der Waals surface area contributed by atoms with Gasteiger partial charge in [0.05, 0.1) is 19.7 Å². The average molecular weight is 727 g/mol. The van der Waals surface area contributed by atoms with Crippen LogP contribution in [0.15, 0.2) is 43.5 Å². The van der Waals surface area contributed by atoms with E-state index in [-0.39, 0.29) is 45.5 Å². The van der Waals surface area contributed by atoms with E-state index in [1.54, 1.807) is 45.9 Å². The van der Waals surface area contributed by atoms with Crippen LogP contribution in [0.25, 0.3) is 0 Å². The van der Waals surface area contributed by atoms with E-state index >= 15 is 0 Å². The minimum atomic E-state index is -1.64. The minimum Gasteiger partial charge on any atom is -0.464 e. The van der Waals surface area contributed by atoms with Crippen molar-refractivity contribution in [2.45, 2.75) is 122 Å². The van der Waals surface area contributed by atoms with Crippen LogP contribution in [0, 0.1) is 11.7 Å². The first-order chi connectivity index (χ1) is 24.6. The molecule has 2 aliphatic heterocycles. The highest BCUT2D eigenvalue weighted by atomic mass is 19.1. The summed E-state index contributed by atoms with van der Waals surface area (Å²) in [5, 5.41) is 2.66. The Hall–Kier alpha value is -4.75. The van der Waals surface area contributed by atoms with Crippen molar-refractivity contribution in [3.63, 3.8) is 0 Å². The second kappa shape index (κ2) is 16.7. The lowest BCUT2D eigenvalue weighted by Gasteiger charge is -2.34. The molecule has 1 saturated heterocycles. The van der Waals surface area contributed by atoms with Gasteiger partial charge < -0.3 is 24.4 Å². The molecule has 1 saturated carbocycles. The number of fused-ring (bicyclic) bond motifs is 1. The topological polar surface area (TPSA) is 152 Å². The lowest BCUT2D eigenvalue weighted by molar-refractivity contribution is -0.165. The maximum absolute atomic E-state index is 14.6. The largest absolute Gasteiger partial charge is 0.464 e. The standard InChI is InChI=1S/C38H51FN4O9/c1-8-11-12-13-14-18-30(40-35(48)52-37(5,6)7)32(45)42-22-27(51-36(49)41-21-25-16-15-17-29(39)28(25)23-41)19-31(42)33(46)43(24(4)44)38(20-26(38)9-2)34(47)50-10-3/h8-9,15-17,26-27,30-31H,1-2,10-14,18-23H2,3-7H3,(H,40,48)/t26-,27-,30+,31+,38+/m1/s1. The smallest absolute Gasteiger partial charge is 0.410 e. The zero-order valence-corrected chi connectivity index (χ0v) is 30.8. The molecule has 0 unspecified atom stereocenters. The third-order valence-corrected chi connectivity index (χ3v) is 9.50. The maximum Gasteiger partial charge on any atom is 0.410 e. The Morgan fingerprint density at radius 3 is 2.44 bits per heavy atom. The number of nitrogens with one attached hydrogen (secondary N) is 1. The molecule has 1 aliphatic carbocycles. The highest BCUT2D eigenvalue weighted by Gasteiger charge is 2.67. The number of nitrogens with zero attached hydrogens (tertiary/aromatic N) is 3. The molecule has 284 valence electrons. The number of hydrogen-bond acceptors (Lipinski definition) is 9. The van der Waals surface area contributed by atoms with Gasteiger partial charge in [0.25, 0.3) is 5.91 Å². The zero-order valence-electron chi connectivity index (χ0n) is 30.8. The van der Waals surface area contributed by atoms with Gasteiger partial charge in [-0.2, -0.15) is 0 Å². The van der Waals surface area contributed by atoms with Gasteiger partial charge in [0.2, 0.25) is 11.8 Å². The average Bonchev–Trinajstić information content (AvgIpc) is 3.39. The summed E-state index contributed by atoms with van der Waals surface area (Å²) in [7, 11) is 0. The van der Waals surface area contributed by atoms with E-state index in [9.17, 15) is 33.2 Å². The third-order valence-electron chi connectivity index (χ3n) is 9.50. The molecule has 52 heavy (non-hydrogen) atoms. The Morgan fingerprint density at radius 2 is 1.85 bits per heavy atom. The van der Waals surface area contributed by atoms with E-state index < -0.39 is 76.9 Å². The van der Waals surface area contributed by atoms with Crippen molar-refractivity contribution in [2.75, 3.05) is 13.2 Å². The lowest BCUT2D eigenvalue weighted by Crippen LogP contribution is -2.59. The Bertz CT molecular complexity index is 1580.